The Hall–Kier alpha value is -1.96. The highest BCUT2D eigenvalue weighted by molar-refractivity contribution is 5.41. The minimum absolute atomic E-state index is 0.00940. The van der Waals surface area contributed by atoms with Crippen molar-refractivity contribution >= 4 is 5.69 Å². The van der Waals surface area contributed by atoms with E-state index >= 15 is 0 Å². The van der Waals surface area contributed by atoms with Gasteiger partial charge in [0.1, 0.15) is 0 Å². The summed E-state index contributed by atoms with van der Waals surface area (Å²) in [6, 6.07) is 15.7. The molecular weight excluding hydrogens is 368 g/mol. The van der Waals surface area contributed by atoms with Gasteiger partial charge in [-0.15, -0.1) is 0 Å². The Morgan fingerprint density at radius 1 is 1.03 bits per heavy atom. The lowest BCUT2D eigenvalue weighted by Gasteiger charge is -2.38. The lowest BCUT2D eigenvalue weighted by molar-refractivity contribution is -0.253. The molecule has 0 amide bonds. The average molecular weight is 399 g/mol. The molecule has 4 atom stereocenters. The molecule has 0 spiro atoms. The minimum atomic E-state index is -0.491. The van der Waals surface area contributed by atoms with Gasteiger partial charge in [-0.25, -0.2) is 0 Å². The Balaban J connectivity index is 1.55. The van der Waals surface area contributed by atoms with Crippen molar-refractivity contribution in [2.24, 2.45) is 0 Å². The van der Waals surface area contributed by atoms with Gasteiger partial charge in [-0.1, -0.05) is 36.4 Å². The van der Waals surface area contributed by atoms with E-state index in [0.717, 1.165) is 49.0 Å². The van der Waals surface area contributed by atoms with Crippen LogP contribution in [0.25, 0.3) is 0 Å². The van der Waals surface area contributed by atoms with E-state index in [4.69, 9.17) is 15.2 Å². The number of hydrogen-bond donors (Lipinski definition) is 3. The molecule has 156 valence electrons. The van der Waals surface area contributed by atoms with Crippen molar-refractivity contribution in [3.8, 4) is 0 Å². The fraction of sp³-hybridized carbons (Fsp3) is 0.478. The summed E-state index contributed by atoms with van der Waals surface area (Å²) in [6.45, 7) is 1.98. The van der Waals surface area contributed by atoms with Crippen LogP contribution in [0.5, 0.6) is 0 Å². The fourth-order valence-electron chi connectivity index (χ4n) is 4.34. The molecule has 0 bridgehead atoms. The highest BCUT2D eigenvalue weighted by atomic mass is 16.7. The molecule has 29 heavy (non-hydrogen) atoms. The van der Waals surface area contributed by atoms with Crippen molar-refractivity contribution in [3.05, 3.63) is 65.2 Å². The summed E-state index contributed by atoms with van der Waals surface area (Å²) in [7, 11) is 0. The molecule has 0 unspecified atom stereocenters. The third-order valence-corrected chi connectivity index (χ3v) is 5.95. The van der Waals surface area contributed by atoms with Gasteiger partial charge in [0.05, 0.1) is 25.4 Å². The van der Waals surface area contributed by atoms with Crippen LogP contribution >= 0.6 is 0 Å². The maximum absolute atomic E-state index is 9.66. The first-order chi connectivity index (χ1) is 14.2. The lowest BCUT2D eigenvalue weighted by Crippen LogP contribution is -2.42. The first kappa shape index (κ1) is 20.3. The summed E-state index contributed by atoms with van der Waals surface area (Å²) in [6.07, 6.45) is 2.28. The standard InChI is InChI=1S/C23H30N2O4/c24-19-4-1-3-18(11-19)23-28-21(13-25-10-2-5-20(25)15-27)12-22(29-23)17-8-6-16(14-26)7-9-17/h1,3-4,6-9,11,20-23,26-27H,2,5,10,12-15,24H2/t20-,21+,22-,23-/m0/s1. The number of hydrogen-bond acceptors (Lipinski definition) is 6. The number of ether oxygens (including phenoxy) is 2. The van der Waals surface area contributed by atoms with Gasteiger partial charge in [0.25, 0.3) is 0 Å². The summed E-state index contributed by atoms with van der Waals surface area (Å²) in [5.41, 5.74) is 9.52. The number of nitrogens with two attached hydrogens (primary N) is 1. The number of rotatable bonds is 6. The van der Waals surface area contributed by atoms with Crippen LogP contribution < -0.4 is 5.73 Å². The largest absolute Gasteiger partial charge is 0.399 e. The van der Waals surface area contributed by atoms with Gasteiger partial charge in [-0.05, 0) is 42.6 Å². The predicted octanol–water partition coefficient (Wildman–Crippen LogP) is 2.76. The van der Waals surface area contributed by atoms with E-state index in [1.807, 2.05) is 48.5 Å². The lowest BCUT2D eigenvalue weighted by atomic mass is 9.99. The van der Waals surface area contributed by atoms with E-state index < -0.39 is 6.29 Å². The van der Waals surface area contributed by atoms with E-state index in [1.165, 1.54) is 0 Å². The van der Waals surface area contributed by atoms with Crippen LogP contribution in [0.3, 0.4) is 0 Å². The van der Waals surface area contributed by atoms with E-state index in [9.17, 15) is 10.2 Å². The maximum atomic E-state index is 9.66. The Labute approximate surface area is 171 Å². The molecule has 4 rings (SSSR count). The SMILES string of the molecule is Nc1cccc([C@H]2O[C@@H](CN3CCC[C@H]3CO)C[C@@H](c3ccc(CO)cc3)O2)c1. The van der Waals surface area contributed by atoms with E-state index in [0.29, 0.717) is 5.69 Å². The first-order valence-electron chi connectivity index (χ1n) is 10.4. The molecule has 2 saturated heterocycles. The highest BCUT2D eigenvalue weighted by Crippen LogP contribution is 2.39. The molecule has 2 heterocycles. The van der Waals surface area contributed by atoms with Crippen LogP contribution in [0.4, 0.5) is 5.69 Å². The second-order valence-corrected chi connectivity index (χ2v) is 7.99. The number of nitrogen functional groups attached to an aromatic ring is 1. The molecule has 2 aromatic carbocycles. The Kier molecular flexibility index (Phi) is 6.47. The van der Waals surface area contributed by atoms with Gasteiger partial charge in [-0.3, -0.25) is 4.90 Å². The number of benzene rings is 2. The predicted molar refractivity (Wildman–Crippen MR) is 111 cm³/mol. The molecule has 4 N–H and O–H groups in total. The Morgan fingerprint density at radius 2 is 1.86 bits per heavy atom. The highest BCUT2D eigenvalue weighted by Gasteiger charge is 2.35. The van der Waals surface area contributed by atoms with Gasteiger partial charge in [-0.2, -0.15) is 0 Å². The molecule has 6 heteroatoms. The monoisotopic (exact) mass is 398 g/mol. The van der Waals surface area contributed by atoms with E-state index in [-0.39, 0.29) is 31.5 Å². The second-order valence-electron chi connectivity index (χ2n) is 7.99. The third-order valence-electron chi connectivity index (χ3n) is 5.95. The van der Waals surface area contributed by atoms with Crippen LogP contribution in [0, 0.1) is 0 Å². The zero-order chi connectivity index (χ0) is 20.2. The normalized spacial score (nSPS) is 27.9. The van der Waals surface area contributed by atoms with Gasteiger partial charge in [0.15, 0.2) is 6.29 Å². The average Bonchev–Trinajstić information content (AvgIpc) is 3.20. The van der Waals surface area contributed by atoms with Crippen molar-refractivity contribution < 1.29 is 19.7 Å². The molecule has 0 radical (unpaired) electrons. The van der Waals surface area contributed by atoms with Gasteiger partial charge in [0, 0.05) is 30.3 Å². The zero-order valence-corrected chi connectivity index (χ0v) is 16.6. The summed E-state index contributed by atoms with van der Waals surface area (Å²) in [4.78, 5) is 2.33. The van der Waals surface area contributed by atoms with Crippen LogP contribution in [-0.4, -0.2) is 47.0 Å². The smallest absolute Gasteiger partial charge is 0.185 e. The molecular formula is C23H30N2O4. The number of anilines is 1. The molecule has 0 aliphatic carbocycles. The fourth-order valence-corrected chi connectivity index (χ4v) is 4.34. The number of aliphatic hydroxyl groups is 2. The maximum Gasteiger partial charge on any atom is 0.185 e. The quantitative estimate of drug-likeness (QED) is 0.649. The zero-order valence-electron chi connectivity index (χ0n) is 16.6. The van der Waals surface area contributed by atoms with E-state index in [1.54, 1.807) is 0 Å². The molecule has 2 aliphatic rings. The van der Waals surface area contributed by atoms with E-state index in [2.05, 4.69) is 4.90 Å². The van der Waals surface area contributed by atoms with Crippen molar-refractivity contribution in [1.82, 2.24) is 4.90 Å². The van der Waals surface area contributed by atoms with Crippen LogP contribution in [0.2, 0.25) is 0 Å². The van der Waals surface area contributed by atoms with Crippen LogP contribution in [0.15, 0.2) is 48.5 Å². The summed E-state index contributed by atoms with van der Waals surface area (Å²) >= 11 is 0. The molecule has 0 aromatic heterocycles. The van der Waals surface area contributed by atoms with Crippen molar-refractivity contribution in [2.75, 3.05) is 25.4 Å². The Bertz CT molecular complexity index is 798. The number of aliphatic hydroxyl groups excluding tert-OH is 2. The second kappa shape index (κ2) is 9.24. The third kappa shape index (κ3) is 4.79. The molecule has 2 fully saturated rings. The topological polar surface area (TPSA) is 88.2 Å². The summed E-state index contributed by atoms with van der Waals surface area (Å²) in [5, 5.41) is 19.0. The number of likely N-dealkylation sites (tertiary alicyclic amines) is 1. The van der Waals surface area contributed by atoms with Crippen LogP contribution in [-0.2, 0) is 16.1 Å². The van der Waals surface area contributed by atoms with Gasteiger partial charge >= 0.3 is 0 Å². The first-order valence-corrected chi connectivity index (χ1v) is 10.4. The molecule has 2 aliphatic heterocycles. The van der Waals surface area contributed by atoms with Gasteiger partial charge in [0.2, 0.25) is 0 Å². The molecule has 0 saturated carbocycles. The van der Waals surface area contributed by atoms with Crippen LogP contribution in [0.1, 0.15) is 48.3 Å². The number of nitrogens with zero attached hydrogens (tertiary/aromatic N) is 1. The molecule has 2 aromatic rings. The molecule has 6 nitrogen and oxygen atoms in total. The van der Waals surface area contributed by atoms with Crippen molar-refractivity contribution in [3.63, 3.8) is 0 Å². The summed E-state index contributed by atoms with van der Waals surface area (Å²) < 4.78 is 12.7. The Morgan fingerprint density at radius 3 is 2.59 bits per heavy atom. The minimum Gasteiger partial charge on any atom is -0.399 e. The van der Waals surface area contributed by atoms with Crippen molar-refractivity contribution in [1.29, 1.82) is 0 Å². The van der Waals surface area contributed by atoms with Gasteiger partial charge < -0.3 is 25.4 Å². The summed E-state index contributed by atoms with van der Waals surface area (Å²) in [5.74, 6) is 0. The van der Waals surface area contributed by atoms with Crippen molar-refractivity contribution in [2.45, 2.75) is 50.4 Å².